The van der Waals surface area contributed by atoms with Crippen molar-refractivity contribution >= 4 is 64.4 Å². The van der Waals surface area contributed by atoms with Crippen LogP contribution in [-0.2, 0) is 25.7 Å². The average molecular weight is 502 g/mol. The topological polar surface area (TPSA) is 142 Å². The van der Waals surface area contributed by atoms with Crippen molar-refractivity contribution in [1.82, 2.24) is 10.7 Å². The third-order valence-corrected chi connectivity index (χ3v) is 4.51. The first kappa shape index (κ1) is 24.5. The summed E-state index contributed by atoms with van der Waals surface area (Å²) >= 11 is 11.7. The van der Waals surface area contributed by atoms with Crippen molar-refractivity contribution in [3.05, 3.63) is 82.2 Å². The van der Waals surface area contributed by atoms with Crippen LogP contribution >= 0.6 is 23.2 Å². The van der Waals surface area contributed by atoms with E-state index in [0.29, 0.717) is 27.2 Å². The Balaban J connectivity index is 1.43. The van der Waals surface area contributed by atoms with Crippen molar-refractivity contribution in [1.29, 1.82) is 0 Å². The zero-order chi connectivity index (χ0) is 24.5. The lowest BCUT2D eigenvalue weighted by Crippen LogP contribution is -2.34. The molecule has 0 aliphatic heterocycles. The molecule has 0 aliphatic rings. The van der Waals surface area contributed by atoms with E-state index >= 15 is 0 Å². The number of hydrogen-bond acceptors (Lipinski definition) is 6. The number of hydrogen-bond donors (Lipinski definition) is 4. The van der Waals surface area contributed by atoms with Crippen molar-refractivity contribution in [2.75, 3.05) is 10.6 Å². The van der Waals surface area contributed by atoms with E-state index < -0.39 is 23.6 Å². The Kier molecular flexibility index (Phi) is 8.38. The summed E-state index contributed by atoms with van der Waals surface area (Å²) in [5, 5.41) is 11.7. The number of benzene rings is 2. The Morgan fingerprint density at radius 1 is 0.794 bits per heavy atom. The Morgan fingerprint density at radius 2 is 1.38 bits per heavy atom. The van der Waals surface area contributed by atoms with E-state index in [4.69, 9.17) is 27.6 Å². The van der Waals surface area contributed by atoms with Gasteiger partial charge in [-0.15, -0.1) is 0 Å². The Hall–Kier alpha value is -4.15. The number of hydrazone groups is 1. The Morgan fingerprint density at radius 3 is 1.97 bits per heavy atom. The van der Waals surface area contributed by atoms with Gasteiger partial charge in [-0.3, -0.25) is 19.2 Å². The van der Waals surface area contributed by atoms with Crippen molar-refractivity contribution in [3.63, 3.8) is 0 Å². The fourth-order valence-corrected chi connectivity index (χ4v) is 2.90. The van der Waals surface area contributed by atoms with Gasteiger partial charge in [-0.05, 0) is 48.5 Å². The Bertz CT molecular complexity index is 1260. The zero-order valence-corrected chi connectivity index (χ0v) is 18.8. The molecule has 0 fully saturated rings. The number of carbonyl (C=O) groups excluding carboxylic acids is 4. The number of amides is 4. The van der Waals surface area contributed by atoms with Crippen molar-refractivity contribution in [3.8, 4) is 0 Å². The second-order valence-electron chi connectivity index (χ2n) is 6.61. The van der Waals surface area contributed by atoms with Gasteiger partial charge in [0, 0.05) is 21.4 Å². The van der Waals surface area contributed by atoms with Crippen LogP contribution in [0.5, 0.6) is 0 Å². The minimum Gasteiger partial charge on any atom is -0.458 e. The minimum absolute atomic E-state index is 0.0654. The molecule has 4 N–H and O–H groups in total. The van der Waals surface area contributed by atoms with Gasteiger partial charge >= 0.3 is 23.6 Å². The van der Waals surface area contributed by atoms with E-state index in [-0.39, 0.29) is 12.3 Å². The van der Waals surface area contributed by atoms with Crippen LogP contribution in [0.4, 0.5) is 11.4 Å². The molecule has 2 aromatic carbocycles. The lowest BCUT2D eigenvalue weighted by atomic mass is 10.3. The van der Waals surface area contributed by atoms with Crippen LogP contribution in [-0.4, -0.2) is 29.8 Å². The molecular weight excluding hydrogens is 485 g/mol. The molecule has 0 atom stereocenters. The quantitative estimate of drug-likeness (QED) is 0.233. The second kappa shape index (κ2) is 11.6. The summed E-state index contributed by atoms with van der Waals surface area (Å²) in [7, 11) is 0. The zero-order valence-electron chi connectivity index (χ0n) is 17.3. The van der Waals surface area contributed by atoms with E-state index in [0.717, 1.165) is 0 Å². The molecule has 3 aromatic rings. The summed E-state index contributed by atoms with van der Waals surface area (Å²) in [4.78, 5) is 47.6. The smallest absolute Gasteiger partial charge is 0.329 e. The molecule has 3 rings (SSSR count). The van der Waals surface area contributed by atoms with E-state index in [1.165, 1.54) is 24.4 Å². The molecule has 0 unspecified atom stereocenters. The molecule has 10 nitrogen and oxygen atoms in total. The van der Waals surface area contributed by atoms with Gasteiger partial charge in [-0.1, -0.05) is 35.3 Å². The molecule has 4 amide bonds. The second-order valence-corrected chi connectivity index (χ2v) is 7.49. The van der Waals surface area contributed by atoms with Crippen LogP contribution in [0.25, 0.3) is 0 Å². The highest BCUT2D eigenvalue weighted by Gasteiger charge is 2.15. The predicted octanol–water partition coefficient (Wildman–Crippen LogP) is 2.93. The predicted molar refractivity (Wildman–Crippen MR) is 126 cm³/mol. The fourth-order valence-electron chi connectivity index (χ4n) is 2.52. The van der Waals surface area contributed by atoms with Gasteiger partial charge in [0.2, 0.25) is 0 Å². The van der Waals surface area contributed by atoms with Gasteiger partial charge in [0.15, 0.2) is 0 Å². The van der Waals surface area contributed by atoms with Crippen LogP contribution in [0.2, 0.25) is 10.0 Å². The molecule has 174 valence electrons. The fraction of sp³-hybridized carbons (Fsp3) is 0.0455. The third-order valence-electron chi connectivity index (χ3n) is 4.04. The van der Waals surface area contributed by atoms with E-state index in [9.17, 15) is 19.2 Å². The molecular formula is C22H17Cl2N5O5. The van der Waals surface area contributed by atoms with Gasteiger partial charge < -0.3 is 20.4 Å². The van der Waals surface area contributed by atoms with E-state index in [1.807, 2.05) is 0 Å². The van der Waals surface area contributed by atoms with Gasteiger partial charge in [-0.2, -0.15) is 5.10 Å². The van der Waals surface area contributed by atoms with Crippen LogP contribution in [0.15, 0.2) is 70.2 Å². The van der Waals surface area contributed by atoms with Crippen molar-refractivity contribution in [2.24, 2.45) is 5.10 Å². The summed E-state index contributed by atoms with van der Waals surface area (Å²) in [5.74, 6) is -3.10. The summed E-state index contributed by atoms with van der Waals surface area (Å²) in [6.45, 7) is -0.0654. The first-order valence-electron chi connectivity index (χ1n) is 9.63. The molecule has 0 radical (unpaired) electrons. The number of nitrogens with one attached hydrogen (secondary N) is 4. The number of furan rings is 1. The first-order valence-corrected chi connectivity index (χ1v) is 10.4. The normalized spacial score (nSPS) is 10.5. The maximum Gasteiger partial charge on any atom is 0.329 e. The van der Waals surface area contributed by atoms with Crippen LogP contribution < -0.4 is 21.4 Å². The number of anilines is 2. The van der Waals surface area contributed by atoms with Gasteiger partial charge in [0.25, 0.3) is 0 Å². The van der Waals surface area contributed by atoms with Crippen LogP contribution in [0, 0.1) is 0 Å². The summed E-state index contributed by atoms with van der Waals surface area (Å²) in [6.07, 6.45) is 1.17. The molecule has 0 saturated heterocycles. The standard InChI is InChI=1S/C22H17Cl2N5O5/c23-13-3-1-5-15(9-13)27-20(31)19(30)25-11-17-7-8-18(34-17)12-26-29-22(33)21(32)28-16-6-2-4-14(24)10-16/h1-10,12H,11H2,(H,25,30)(H,27,31)(H,28,32)(H,29,33)/b26-12+. The molecule has 1 aromatic heterocycles. The largest absolute Gasteiger partial charge is 0.458 e. The van der Waals surface area contributed by atoms with Gasteiger partial charge in [0.05, 0.1) is 12.8 Å². The first-order chi connectivity index (χ1) is 16.3. The van der Waals surface area contributed by atoms with E-state index in [1.54, 1.807) is 42.5 Å². The highest BCUT2D eigenvalue weighted by molar-refractivity contribution is 6.40. The molecule has 0 spiro atoms. The van der Waals surface area contributed by atoms with Crippen molar-refractivity contribution < 1.29 is 23.6 Å². The lowest BCUT2D eigenvalue weighted by Gasteiger charge is -2.05. The lowest BCUT2D eigenvalue weighted by molar-refractivity contribution is -0.136. The summed E-state index contributed by atoms with van der Waals surface area (Å²) in [6, 6.07) is 15.7. The SMILES string of the molecule is O=C(NCc1ccc(/C=N/NC(=O)C(=O)Nc2cccc(Cl)c2)o1)C(=O)Nc1cccc(Cl)c1. The number of carbonyl (C=O) groups is 4. The number of rotatable bonds is 6. The number of halogens is 2. The third kappa shape index (κ3) is 7.47. The van der Waals surface area contributed by atoms with Crippen molar-refractivity contribution in [2.45, 2.75) is 6.54 Å². The highest BCUT2D eigenvalue weighted by atomic mass is 35.5. The highest BCUT2D eigenvalue weighted by Crippen LogP contribution is 2.15. The number of nitrogens with zero attached hydrogens (tertiary/aromatic N) is 1. The minimum atomic E-state index is -0.999. The molecule has 34 heavy (non-hydrogen) atoms. The Labute approximate surface area is 203 Å². The van der Waals surface area contributed by atoms with Crippen LogP contribution in [0.1, 0.15) is 11.5 Å². The monoisotopic (exact) mass is 501 g/mol. The summed E-state index contributed by atoms with van der Waals surface area (Å²) in [5.41, 5.74) is 2.80. The maximum atomic E-state index is 12.0. The van der Waals surface area contributed by atoms with Crippen LogP contribution in [0.3, 0.4) is 0 Å². The average Bonchev–Trinajstić information content (AvgIpc) is 3.25. The summed E-state index contributed by atoms with van der Waals surface area (Å²) < 4.78 is 5.42. The maximum absolute atomic E-state index is 12.0. The molecule has 1 heterocycles. The molecule has 0 aliphatic carbocycles. The van der Waals surface area contributed by atoms with Gasteiger partial charge in [0.1, 0.15) is 11.5 Å². The molecule has 0 bridgehead atoms. The molecule has 0 saturated carbocycles. The van der Waals surface area contributed by atoms with E-state index in [2.05, 4.69) is 26.5 Å². The van der Waals surface area contributed by atoms with Gasteiger partial charge in [-0.25, -0.2) is 5.43 Å². The molecule has 12 heteroatoms.